The molecule has 2 aromatic carbocycles. The van der Waals surface area contributed by atoms with Crippen LogP contribution >= 0.6 is 0 Å². The van der Waals surface area contributed by atoms with Crippen LogP contribution in [0.2, 0.25) is 0 Å². The molecule has 0 aliphatic heterocycles. The predicted octanol–water partition coefficient (Wildman–Crippen LogP) is 2.62. The van der Waals surface area contributed by atoms with Crippen LogP contribution < -0.4 is 5.32 Å². The summed E-state index contributed by atoms with van der Waals surface area (Å²) in [6.45, 7) is 0. The SMILES string of the molecule is O=C(Nc1ccc(C(=O)O)c(O)c1)c1ccc(F)c(F)c1. The van der Waals surface area contributed by atoms with Gasteiger partial charge in [0.05, 0.1) is 0 Å². The van der Waals surface area contributed by atoms with E-state index in [4.69, 9.17) is 5.11 Å². The van der Waals surface area contributed by atoms with Crippen molar-refractivity contribution in [3.05, 3.63) is 59.2 Å². The molecule has 21 heavy (non-hydrogen) atoms. The maximum Gasteiger partial charge on any atom is 0.339 e. The first-order valence-electron chi connectivity index (χ1n) is 5.71. The first-order chi connectivity index (χ1) is 9.88. The fraction of sp³-hybridized carbons (Fsp3) is 0. The molecule has 0 bridgehead atoms. The average molecular weight is 293 g/mol. The van der Waals surface area contributed by atoms with Gasteiger partial charge in [-0.25, -0.2) is 13.6 Å². The van der Waals surface area contributed by atoms with Crippen molar-refractivity contribution in [1.82, 2.24) is 0 Å². The van der Waals surface area contributed by atoms with E-state index in [0.717, 1.165) is 30.3 Å². The fourth-order valence-corrected chi connectivity index (χ4v) is 1.63. The normalized spacial score (nSPS) is 10.2. The van der Waals surface area contributed by atoms with Gasteiger partial charge in [-0.3, -0.25) is 4.79 Å². The molecule has 0 atom stereocenters. The lowest BCUT2D eigenvalue weighted by atomic mass is 10.1. The second kappa shape index (κ2) is 5.58. The first kappa shape index (κ1) is 14.4. The summed E-state index contributed by atoms with van der Waals surface area (Å²) in [4.78, 5) is 22.5. The summed E-state index contributed by atoms with van der Waals surface area (Å²) >= 11 is 0. The number of nitrogens with one attached hydrogen (secondary N) is 1. The average Bonchev–Trinajstić information content (AvgIpc) is 2.41. The Morgan fingerprint density at radius 1 is 1.00 bits per heavy atom. The van der Waals surface area contributed by atoms with E-state index >= 15 is 0 Å². The predicted molar refractivity (Wildman–Crippen MR) is 69.4 cm³/mol. The lowest BCUT2D eigenvalue weighted by Crippen LogP contribution is -2.12. The van der Waals surface area contributed by atoms with Gasteiger partial charge in [-0.15, -0.1) is 0 Å². The summed E-state index contributed by atoms with van der Waals surface area (Å²) in [5.74, 6) is -4.80. The van der Waals surface area contributed by atoms with Gasteiger partial charge in [-0.2, -0.15) is 0 Å². The van der Waals surface area contributed by atoms with Crippen molar-refractivity contribution in [3.8, 4) is 5.75 Å². The third-order valence-electron chi connectivity index (χ3n) is 2.67. The van der Waals surface area contributed by atoms with E-state index < -0.39 is 29.3 Å². The molecule has 0 radical (unpaired) electrons. The zero-order chi connectivity index (χ0) is 15.6. The second-order valence-electron chi connectivity index (χ2n) is 4.12. The monoisotopic (exact) mass is 293 g/mol. The third kappa shape index (κ3) is 3.14. The largest absolute Gasteiger partial charge is 0.507 e. The van der Waals surface area contributed by atoms with Gasteiger partial charge in [-0.1, -0.05) is 0 Å². The minimum Gasteiger partial charge on any atom is -0.507 e. The molecule has 0 spiro atoms. The highest BCUT2D eigenvalue weighted by Gasteiger charge is 2.13. The second-order valence-corrected chi connectivity index (χ2v) is 4.12. The number of carbonyl (C=O) groups excluding carboxylic acids is 1. The molecular formula is C14H9F2NO4. The third-order valence-corrected chi connectivity index (χ3v) is 2.67. The van der Waals surface area contributed by atoms with Crippen LogP contribution in [-0.4, -0.2) is 22.1 Å². The zero-order valence-corrected chi connectivity index (χ0v) is 10.4. The topological polar surface area (TPSA) is 86.6 Å². The van der Waals surface area contributed by atoms with Crippen molar-refractivity contribution >= 4 is 17.6 Å². The summed E-state index contributed by atoms with van der Waals surface area (Å²) in [6.07, 6.45) is 0. The van der Waals surface area contributed by atoms with Crippen molar-refractivity contribution in [2.24, 2.45) is 0 Å². The lowest BCUT2D eigenvalue weighted by molar-refractivity contribution is 0.0693. The van der Waals surface area contributed by atoms with Gasteiger partial charge in [0, 0.05) is 17.3 Å². The first-order valence-corrected chi connectivity index (χ1v) is 5.71. The number of halogens is 2. The van der Waals surface area contributed by atoms with Crippen molar-refractivity contribution < 1.29 is 28.6 Å². The molecular weight excluding hydrogens is 284 g/mol. The van der Waals surface area contributed by atoms with E-state index in [1.54, 1.807) is 0 Å². The molecule has 1 amide bonds. The number of carboxylic acids is 1. The maximum absolute atomic E-state index is 13.0. The molecule has 0 unspecified atom stereocenters. The minimum absolute atomic E-state index is 0.115. The zero-order valence-electron chi connectivity index (χ0n) is 10.4. The number of carbonyl (C=O) groups is 2. The van der Waals surface area contributed by atoms with Crippen molar-refractivity contribution in [2.75, 3.05) is 5.32 Å². The smallest absolute Gasteiger partial charge is 0.339 e. The molecule has 2 aromatic rings. The van der Waals surface area contributed by atoms with Gasteiger partial charge in [-0.05, 0) is 30.3 Å². The van der Waals surface area contributed by atoms with Crippen LogP contribution in [0.4, 0.5) is 14.5 Å². The van der Waals surface area contributed by atoms with E-state index in [9.17, 15) is 23.5 Å². The van der Waals surface area contributed by atoms with Gasteiger partial charge < -0.3 is 15.5 Å². The Bertz CT molecular complexity index is 731. The number of hydrogen-bond donors (Lipinski definition) is 3. The highest BCUT2D eigenvalue weighted by molar-refractivity contribution is 6.04. The summed E-state index contributed by atoms with van der Waals surface area (Å²) in [5, 5.41) is 20.6. The molecule has 0 saturated carbocycles. The summed E-state index contributed by atoms with van der Waals surface area (Å²) < 4.78 is 25.8. The number of aromatic hydroxyl groups is 1. The summed E-state index contributed by atoms with van der Waals surface area (Å²) in [7, 11) is 0. The Balaban J connectivity index is 2.21. The molecule has 0 aromatic heterocycles. The molecule has 0 heterocycles. The number of aromatic carboxylic acids is 1. The number of hydrogen-bond acceptors (Lipinski definition) is 3. The number of amides is 1. The van der Waals surface area contributed by atoms with Crippen LogP contribution in [0.5, 0.6) is 5.75 Å². The molecule has 2 rings (SSSR count). The van der Waals surface area contributed by atoms with Gasteiger partial charge in [0.2, 0.25) is 0 Å². The molecule has 108 valence electrons. The van der Waals surface area contributed by atoms with E-state index in [1.807, 2.05) is 0 Å². The van der Waals surface area contributed by atoms with Crippen LogP contribution in [0.25, 0.3) is 0 Å². The number of anilines is 1. The Hall–Kier alpha value is -2.96. The van der Waals surface area contributed by atoms with Gasteiger partial charge in [0.25, 0.3) is 5.91 Å². The van der Waals surface area contributed by atoms with E-state index in [0.29, 0.717) is 0 Å². The van der Waals surface area contributed by atoms with Crippen LogP contribution in [0.15, 0.2) is 36.4 Å². The highest BCUT2D eigenvalue weighted by atomic mass is 19.2. The molecule has 0 fully saturated rings. The van der Waals surface area contributed by atoms with Gasteiger partial charge in [0.1, 0.15) is 11.3 Å². The highest BCUT2D eigenvalue weighted by Crippen LogP contribution is 2.22. The maximum atomic E-state index is 13.0. The summed E-state index contributed by atoms with van der Waals surface area (Å²) in [5.41, 5.74) is -0.316. The summed E-state index contributed by atoms with van der Waals surface area (Å²) in [6, 6.07) is 6.06. The van der Waals surface area contributed by atoms with Gasteiger partial charge in [0.15, 0.2) is 11.6 Å². The van der Waals surface area contributed by atoms with Crippen molar-refractivity contribution in [3.63, 3.8) is 0 Å². The van der Waals surface area contributed by atoms with E-state index in [2.05, 4.69) is 5.32 Å². The molecule has 7 heteroatoms. The quantitative estimate of drug-likeness (QED) is 0.812. The lowest BCUT2D eigenvalue weighted by Gasteiger charge is -2.07. The van der Waals surface area contributed by atoms with Crippen molar-refractivity contribution in [1.29, 1.82) is 0 Å². The minimum atomic E-state index is -1.31. The van der Waals surface area contributed by atoms with Crippen LogP contribution in [0, 0.1) is 11.6 Å². The molecule has 0 aliphatic carbocycles. The molecule has 0 aliphatic rings. The standard InChI is InChI=1S/C14H9F2NO4/c15-10-4-1-7(5-11(10)16)13(19)17-8-2-3-9(14(20)21)12(18)6-8/h1-6,18H,(H,17,19)(H,20,21). The molecule has 5 nitrogen and oxygen atoms in total. The molecule has 0 saturated heterocycles. The van der Waals surface area contributed by atoms with E-state index in [-0.39, 0.29) is 16.8 Å². The Labute approximate surface area is 117 Å². The fourth-order valence-electron chi connectivity index (χ4n) is 1.63. The Kier molecular flexibility index (Phi) is 3.84. The van der Waals surface area contributed by atoms with Crippen LogP contribution in [-0.2, 0) is 0 Å². The molecule has 3 N–H and O–H groups in total. The van der Waals surface area contributed by atoms with Gasteiger partial charge >= 0.3 is 5.97 Å². The number of carboxylic acid groups (broad SMARTS) is 1. The number of rotatable bonds is 3. The Morgan fingerprint density at radius 3 is 2.29 bits per heavy atom. The number of phenols is 1. The van der Waals surface area contributed by atoms with Crippen LogP contribution in [0.3, 0.4) is 0 Å². The van der Waals surface area contributed by atoms with Crippen molar-refractivity contribution in [2.45, 2.75) is 0 Å². The van der Waals surface area contributed by atoms with Crippen LogP contribution in [0.1, 0.15) is 20.7 Å². The number of benzene rings is 2. The van der Waals surface area contributed by atoms with E-state index in [1.165, 1.54) is 6.07 Å². The Morgan fingerprint density at radius 2 is 1.71 bits per heavy atom.